The molecule has 0 aliphatic carbocycles. The number of benzene rings is 2. The number of piperidine rings is 1. The lowest BCUT2D eigenvalue weighted by Crippen LogP contribution is -2.47. The van der Waals surface area contributed by atoms with Crippen LogP contribution in [-0.2, 0) is 17.1 Å². The summed E-state index contributed by atoms with van der Waals surface area (Å²) in [4.78, 5) is 25.5. The summed E-state index contributed by atoms with van der Waals surface area (Å²) in [6.45, 7) is 0.675. The number of aromatic nitrogens is 2. The third-order valence-electron chi connectivity index (χ3n) is 10.5. The fourth-order valence-corrected chi connectivity index (χ4v) is 8.93. The van der Waals surface area contributed by atoms with E-state index >= 15 is 26.3 Å². The minimum atomic E-state index is -5.50. The molecule has 7 rings (SSSR count). The number of anilines is 2. The molecule has 0 saturated carbocycles. The van der Waals surface area contributed by atoms with Crippen molar-refractivity contribution in [1.29, 1.82) is 5.26 Å². The molecule has 0 bridgehead atoms. The molecule has 52 heavy (non-hydrogen) atoms. The lowest BCUT2D eigenvalue weighted by atomic mass is 9.88. The Balaban J connectivity index is 1.53. The highest BCUT2D eigenvalue weighted by molar-refractivity contribution is 7.23. The second-order valence-corrected chi connectivity index (χ2v) is 14.6. The van der Waals surface area contributed by atoms with Gasteiger partial charge in [0.05, 0.1) is 32.4 Å². The number of thiophene rings is 1. The fraction of sp³-hybridized carbons (Fsp3) is 0.471. The normalized spacial score (nSPS) is 22.7. The average Bonchev–Trinajstić information content (AvgIpc) is 3.72. The quantitative estimate of drug-likeness (QED) is 0.207. The maximum absolute atomic E-state index is 15.5. The van der Waals surface area contributed by atoms with Crippen LogP contribution in [0, 0.1) is 17.1 Å². The summed E-state index contributed by atoms with van der Waals surface area (Å²) in [7, 11) is 2.99. The highest BCUT2D eigenvalue weighted by Crippen LogP contribution is 2.52. The Hall–Kier alpha value is -4.50. The number of likely N-dealkylation sites (N-methyl/N-ethyl adjacent to an activating group) is 2. The lowest BCUT2D eigenvalue weighted by Gasteiger charge is -2.37. The Labute approximate surface area is 295 Å². The molecule has 3 saturated heterocycles. The van der Waals surface area contributed by atoms with Crippen LogP contribution in [0.3, 0.4) is 0 Å². The van der Waals surface area contributed by atoms with Gasteiger partial charge in [-0.25, -0.2) is 8.78 Å². The van der Waals surface area contributed by atoms with Crippen molar-refractivity contribution in [3.05, 3.63) is 40.7 Å². The van der Waals surface area contributed by atoms with Crippen molar-refractivity contribution in [3.8, 4) is 23.2 Å². The van der Waals surface area contributed by atoms with Gasteiger partial charge in [-0.1, -0.05) is 6.07 Å². The summed E-state index contributed by atoms with van der Waals surface area (Å²) in [5.41, 5.74) is -1.88. The van der Waals surface area contributed by atoms with Crippen LogP contribution in [0.25, 0.3) is 32.1 Å². The van der Waals surface area contributed by atoms with Crippen LogP contribution < -0.4 is 15.4 Å². The minimum absolute atomic E-state index is 0.0813. The largest absolute Gasteiger partial charge is 0.461 e. The number of nitrogen functional groups attached to an aromatic ring is 1. The number of nitriles is 1. The molecule has 3 aliphatic rings. The number of amides is 1. The van der Waals surface area contributed by atoms with E-state index in [1.54, 1.807) is 6.07 Å². The first kappa shape index (κ1) is 35.9. The second-order valence-electron chi connectivity index (χ2n) is 13.6. The average molecular weight is 754 g/mol. The summed E-state index contributed by atoms with van der Waals surface area (Å²) in [6.07, 6.45) is -10.3. The van der Waals surface area contributed by atoms with Crippen LogP contribution in [0.5, 0.6) is 6.01 Å². The van der Waals surface area contributed by atoms with Gasteiger partial charge in [0.2, 0.25) is 5.91 Å². The molecule has 2 N–H and O–H groups in total. The molecular weight excluding hydrogens is 722 g/mol. The van der Waals surface area contributed by atoms with Crippen LogP contribution in [0.2, 0.25) is 0 Å². The molecule has 5 heterocycles. The second kappa shape index (κ2) is 12.6. The van der Waals surface area contributed by atoms with Gasteiger partial charge in [0.25, 0.3) is 0 Å². The van der Waals surface area contributed by atoms with Gasteiger partial charge in [-0.3, -0.25) is 9.69 Å². The predicted molar refractivity (Wildman–Crippen MR) is 177 cm³/mol. The Morgan fingerprint density at radius 2 is 1.92 bits per heavy atom. The number of carbonyl (C=O) groups is 1. The molecule has 18 heteroatoms. The van der Waals surface area contributed by atoms with E-state index in [-0.39, 0.29) is 60.4 Å². The summed E-state index contributed by atoms with van der Waals surface area (Å²) in [5.74, 6) is -1.47. The van der Waals surface area contributed by atoms with Gasteiger partial charge >= 0.3 is 18.4 Å². The van der Waals surface area contributed by atoms with E-state index in [2.05, 4.69) is 9.97 Å². The topological polar surface area (TPSA) is 112 Å². The van der Waals surface area contributed by atoms with Crippen molar-refractivity contribution < 1.29 is 44.7 Å². The van der Waals surface area contributed by atoms with E-state index in [4.69, 9.17) is 10.5 Å². The third kappa shape index (κ3) is 5.91. The standard InChI is InChI=1S/C34H31F8N7O2S/c1-47-14-17(4-7-23(47)50)48(2)30-19-10-21(33(37,38)39)25(18-5-6-22(36)28-24(18)20(12-43)29(44)52-28)26(34(40,41)42)27(19)45-31(46-30)51-15-32-8-3-9-49(32)13-16(35)11-32/h5-6,10,16-17H,3-4,7-9,11,13-15,44H2,1-2H3/t16-,17+,32+/m1/s1. The molecule has 2 aromatic carbocycles. The van der Waals surface area contributed by atoms with Crippen molar-refractivity contribution in [1.82, 2.24) is 19.8 Å². The number of likely N-dealkylation sites (tertiary alicyclic amines) is 1. The van der Waals surface area contributed by atoms with Gasteiger partial charge in [-0.15, -0.1) is 11.3 Å². The van der Waals surface area contributed by atoms with E-state index in [9.17, 15) is 18.8 Å². The SMILES string of the molecule is CN1C[C@@H](N(C)c2nc(OC[C@@]34CCCN3C[C@H](F)C4)nc3c(C(F)(F)F)c(-c4ccc(F)c5sc(N)c(C#N)c45)c(C(F)(F)F)cc23)CCC1=O. The highest BCUT2D eigenvalue weighted by Gasteiger charge is 2.50. The number of nitrogens with two attached hydrogens (primary N) is 1. The molecule has 0 spiro atoms. The first-order valence-corrected chi connectivity index (χ1v) is 17.2. The van der Waals surface area contributed by atoms with Gasteiger partial charge in [-0.2, -0.15) is 41.6 Å². The molecule has 4 aromatic rings. The molecule has 0 radical (unpaired) electrons. The van der Waals surface area contributed by atoms with E-state index in [0.29, 0.717) is 30.4 Å². The number of nitrogens with zero attached hydrogens (tertiary/aromatic N) is 6. The van der Waals surface area contributed by atoms with Crippen LogP contribution in [-0.4, -0.2) is 83.8 Å². The number of hydrogen-bond acceptors (Lipinski definition) is 9. The van der Waals surface area contributed by atoms with E-state index in [1.807, 2.05) is 4.90 Å². The molecule has 3 atom stereocenters. The van der Waals surface area contributed by atoms with Crippen molar-refractivity contribution in [2.75, 3.05) is 51.0 Å². The monoisotopic (exact) mass is 753 g/mol. The zero-order valence-corrected chi connectivity index (χ0v) is 28.6. The Kier molecular flexibility index (Phi) is 8.68. The third-order valence-corrected chi connectivity index (χ3v) is 11.5. The van der Waals surface area contributed by atoms with Crippen molar-refractivity contribution in [2.45, 2.75) is 62.2 Å². The highest BCUT2D eigenvalue weighted by atomic mass is 32.1. The number of hydrogen-bond donors (Lipinski definition) is 1. The van der Waals surface area contributed by atoms with Crippen molar-refractivity contribution in [2.24, 2.45) is 0 Å². The van der Waals surface area contributed by atoms with Crippen molar-refractivity contribution in [3.63, 3.8) is 0 Å². The molecule has 9 nitrogen and oxygen atoms in total. The zero-order chi connectivity index (χ0) is 37.5. The summed E-state index contributed by atoms with van der Waals surface area (Å²) in [6, 6.07) is 2.56. The molecule has 1 amide bonds. The Morgan fingerprint density at radius 1 is 1.17 bits per heavy atom. The molecule has 276 valence electrons. The number of ether oxygens (including phenoxy) is 1. The predicted octanol–water partition coefficient (Wildman–Crippen LogP) is 7.15. The summed E-state index contributed by atoms with van der Waals surface area (Å²) in [5, 5.41) is 8.45. The molecule has 2 aromatic heterocycles. The molecular formula is C34H31F8N7O2S. The van der Waals surface area contributed by atoms with Gasteiger partial charge in [0, 0.05) is 62.4 Å². The molecule has 3 aliphatic heterocycles. The van der Waals surface area contributed by atoms with Crippen molar-refractivity contribution >= 4 is 49.1 Å². The first-order chi connectivity index (χ1) is 24.4. The maximum Gasteiger partial charge on any atom is 0.419 e. The minimum Gasteiger partial charge on any atom is -0.461 e. The van der Waals surface area contributed by atoms with E-state index < -0.39 is 86.0 Å². The summed E-state index contributed by atoms with van der Waals surface area (Å²) >= 11 is 0.527. The Bertz CT molecular complexity index is 2150. The number of alkyl halides is 7. The van der Waals surface area contributed by atoms with Crippen LogP contribution in [0.15, 0.2) is 18.2 Å². The maximum atomic E-state index is 15.5. The first-order valence-electron chi connectivity index (χ1n) is 16.4. The van der Waals surface area contributed by atoms with Gasteiger partial charge in [-0.05, 0) is 43.5 Å². The lowest BCUT2D eigenvalue weighted by molar-refractivity contribution is -0.141. The number of fused-ring (bicyclic) bond motifs is 3. The number of carbonyl (C=O) groups excluding carboxylic acids is 1. The van der Waals surface area contributed by atoms with Gasteiger partial charge < -0.3 is 20.3 Å². The van der Waals surface area contributed by atoms with E-state index in [0.717, 1.165) is 18.6 Å². The van der Waals surface area contributed by atoms with Crippen LogP contribution in [0.4, 0.5) is 45.9 Å². The van der Waals surface area contributed by atoms with Gasteiger partial charge in [0.1, 0.15) is 35.5 Å². The Morgan fingerprint density at radius 3 is 2.60 bits per heavy atom. The fourth-order valence-electron chi connectivity index (χ4n) is 7.98. The van der Waals surface area contributed by atoms with E-state index in [1.165, 1.54) is 23.9 Å². The zero-order valence-electron chi connectivity index (χ0n) is 27.8. The molecule has 0 unspecified atom stereocenters. The molecule has 3 fully saturated rings. The number of rotatable bonds is 6. The van der Waals surface area contributed by atoms with Gasteiger partial charge in [0.15, 0.2) is 0 Å². The van der Waals surface area contributed by atoms with Crippen LogP contribution >= 0.6 is 11.3 Å². The summed E-state index contributed by atoms with van der Waals surface area (Å²) < 4.78 is 127. The number of halogens is 8. The van der Waals surface area contributed by atoms with Crippen LogP contribution in [0.1, 0.15) is 48.8 Å². The smallest absolute Gasteiger partial charge is 0.419 e.